The maximum absolute atomic E-state index is 12.5. The standard InChI is InChI=1S/C21H19N2O2/c1-22-19-6-4-3-5-17(19)18-11-12-23(13-20(18)22)14-21(24)15-7-9-16(25-2)10-8-15/h3-13H,14H2,1-2H3/q+1. The normalized spacial score (nSPS) is 11.1. The second-order valence-corrected chi connectivity index (χ2v) is 6.14. The maximum atomic E-state index is 12.5. The van der Waals surface area contributed by atoms with E-state index in [0.717, 1.165) is 11.3 Å². The molecule has 0 aliphatic carbocycles. The Labute approximate surface area is 145 Å². The van der Waals surface area contributed by atoms with Gasteiger partial charge in [-0.05, 0) is 30.3 Å². The number of ketones is 1. The predicted molar refractivity (Wildman–Crippen MR) is 97.9 cm³/mol. The fourth-order valence-electron chi connectivity index (χ4n) is 3.28. The minimum absolute atomic E-state index is 0.0748. The molecule has 2 aromatic carbocycles. The Kier molecular flexibility index (Phi) is 3.73. The van der Waals surface area contributed by atoms with E-state index < -0.39 is 0 Å². The molecule has 0 aliphatic rings. The van der Waals surface area contributed by atoms with Gasteiger partial charge in [-0.3, -0.25) is 4.79 Å². The van der Waals surface area contributed by atoms with Crippen LogP contribution in [0.25, 0.3) is 21.8 Å². The highest BCUT2D eigenvalue weighted by Crippen LogP contribution is 2.26. The molecular weight excluding hydrogens is 312 g/mol. The second-order valence-electron chi connectivity index (χ2n) is 6.14. The maximum Gasteiger partial charge on any atom is 0.227 e. The number of aryl methyl sites for hydroxylation is 1. The molecule has 4 nitrogen and oxygen atoms in total. The first-order valence-corrected chi connectivity index (χ1v) is 8.21. The number of pyridine rings is 1. The third-order valence-corrected chi connectivity index (χ3v) is 4.65. The number of rotatable bonds is 4. The molecule has 25 heavy (non-hydrogen) atoms. The lowest BCUT2D eigenvalue weighted by molar-refractivity contribution is -0.682. The Morgan fingerprint density at radius 1 is 1.00 bits per heavy atom. The third kappa shape index (κ3) is 2.66. The average molecular weight is 331 g/mol. The van der Waals surface area contributed by atoms with Gasteiger partial charge in [0.1, 0.15) is 11.3 Å². The molecule has 0 N–H and O–H groups in total. The molecule has 0 aliphatic heterocycles. The van der Waals surface area contributed by atoms with Crippen molar-refractivity contribution in [3.8, 4) is 5.75 Å². The van der Waals surface area contributed by atoms with Crippen LogP contribution in [0.4, 0.5) is 0 Å². The molecule has 0 radical (unpaired) electrons. The van der Waals surface area contributed by atoms with Gasteiger partial charge in [-0.2, -0.15) is 4.57 Å². The van der Waals surface area contributed by atoms with Gasteiger partial charge in [-0.15, -0.1) is 0 Å². The Morgan fingerprint density at radius 2 is 1.72 bits per heavy atom. The summed E-state index contributed by atoms with van der Waals surface area (Å²) in [5.41, 5.74) is 2.99. The highest BCUT2D eigenvalue weighted by Gasteiger charge is 2.15. The SMILES string of the molecule is COc1ccc(C(=O)C[n+]2ccc3c4ccccc4n(C)c3c2)cc1. The van der Waals surface area contributed by atoms with E-state index >= 15 is 0 Å². The van der Waals surface area contributed by atoms with Crippen LogP contribution >= 0.6 is 0 Å². The number of Topliss-reactive ketones (excluding diaryl/α,β-unsaturated/α-hetero) is 1. The summed E-state index contributed by atoms with van der Waals surface area (Å²) in [6, 6.07) is 17.6. The molecule has 0 atom stereocenters. The Hall–Kier alpha value is -3.14. The van der Waals surface area contributed by atoms with Gasteiger partial charge in [-0.25, -0.2) is 0 Å². The summed E-state index contributed by atoms with van der Waals surface area (Å²) in [4.78, 5) is 12.5. The zero-order chi connectivity index (χ0) is 17.4. The molecular formula is C21H19N2O2+. The number of hydrogen-bond acceptors (Lipinski definition) is 2. The van der Waals surface area contributed by atoms with E-state index in [-0.39, 0.29) is 5.78 Å². The molecule has 0 saturated carbocycles. The van der Waals surface area contributed by atoms with E-state index in [1.165, 1.54) is 16.3 Å². The molecule has 124 valence electrons. The zero-order valence-electron chi connectivity index (χ0n) is 14.3. The van der Waals surface area contributed by atoms with E-state index in [9.17, 15) is 4.79 Å². The highest BCUT2D eigenvalue weighted by atomic mass is 16.5. The van der Waals surface area contributed by atoms with Crippen LogP contribution in [-0.2, 0) is 13.6 Å². The Balaban J connectivity index is 1.68. The smallest absolute Gasteiger partial charge is 0.227 e. The van der Waals surface area contributed by atoms with E-state index in [2.05, 4.69) is 35.9 Å². The molecule has 4 rings (SSSR count). The van der Waals surface area contributed by atoms with Crippen molar-refractivity contribution in [2.45, 2.75) is 6.54 Å². The summed E-state index contributed by atoms with van der Waals surface area (Å²) in [6.45, 7) is 0.309. The van der Waals surface area contributed by atoms with Gasteiger partial charge in [-0.1, -0.05) is 18.2 Å². The number of carbonyl (C=O) groups excluding carboxylic acids is 1. The van der Waals surface area contributed by atoms with Crippen LogP contribution in [0.1, 0.15) is 10.4 Å². The fourth-order valence-corrected chi connectivity index (χ4v) is 3.28. The molecule has 4 aromatic rings. The fraction of sp³-hybridized carbons (Fsp3) is 0.143. The third-order valence-electron chi connectivity index (χ3n) is 4.65. The molecule has 2 aromatic heterocycles. The highest BCUT2D eigenvalue weighted by molar-refractivity contribution is 6.07. The molecule has 0 bridgehead atoms. The largest absolute Gasteiger partial charge is 0.497 e. The number of methoxy groups -OCH3 is 1. The van der Waals surface area contributed by atoms with Crippen LogP contribution < -0.4 is 9.30 Å². The van der Waals surface area contributed by atoms with Gasteiger partial charge in [0.05, 0.1) is 7.11 Å². The summed E-state index contributed by atoms with van der Waals surface area (Å²) >= 11 is 0. The van der Waals surface area contributed by atoms with Crippen LogP contribution in [0.2, 0.25) is 0 Å². The number of benzene rings is 2. The summed E-state index contributed by atoms with van der Waals surface area (Å²) in [6.07, 6.45) is 4.01. The van der Waals surface area contributed by atoms with E-state index in [1.807, 2.05) is 35.2 Å². The van der Waals surface area contributed by atoms with Gasteiger partial charge >= 0.3 is 0 Å². The second kappa shape index (κ2) is 6.06. The van der Waals surface area contributed by atoms with Crippen LogP contribution in [0.15, 0.2) is 67.0 Å². The van der Waals surface area contributed by atoms with Gasteiger partial charge < -0.3 is 9.30 Å². The topological polar surface area (TPSA) is 35.1 Å². The zero-order valence-corrected chi connectivity index (χ0v) is 14.3. The number of aromatic nitrogens is 2. The van der Waals surface area contributed by atoms with E-state index in [0.29, 0.717) is 12.1 Å². The van der Waals surface area contributed by atoms with Crippen molar-refractivity contribution in [3.63, 3.8) is 0 Å². The van der Waals surface area contributed by atoms with Gasteiger partial charge in [0.15, 0.2) is 12.4 Å². The first-order chi connectivity index (χ1) is 12.2. The Bertz CT molecular complexity index is 1080. The number of nitrogens with zero attached hydrogens (tertiary/aromatic N) is 2. The van der Waals surface area contributed by atoms with Crippen molar-refractivity contribution in [3.05, 3.63) is 72.6 Å². The van der Waals surface area contributed by atoms with Gasteiger partial charge in [0.2, 0.25) is 12.3 Å². The molecule has 0 fully saturated rings. The van der Waals surface area contributed by atoms with Crippen molar-refractivity contribution in [1.29, 1.82) is 0 Å². The minimum Gasteiger partial charge on any atom is -0.497 e. The molecule has 0 unspecified atom stereocenters. The Morgan fingerprint density at radius 3 is 2.48 bits per heavy atom. The van der Waals surface area contributed by atoms with Crippen LogP contribution in [0.3, 0.4) is 0 Å². The number of para-hydroxylation sites is 1. The summed E-state index contributed by atoms with van der Waals surface area (Å²) in [7, 11) is 3.67. The average Bonchev–Trinajstić information content (AvgIpc) is 2.94. The van der Waals surface area contributed by atoms with Gasteiger partial charge in [0, 0.05) is 35.0 Å². The minimum atomic E-state index is 0.0748. The van der Waals surface area contributed by atoms with E-state index in [4.69, 9.17) is 4.74 Å². The summed E-state index contributed by atoms with van der Waals surface area (Å²) in [5.74, 6) is 0.826. The monoisotopic (exact) mass is 331 g/mol. The van der Waals surface area contributed by atoms with E-state index in [1.54, 1.807) is 19.2 Å². The van der Waals surface area contributed by atoms with Crippen LogP contribution in [0.5, 0.6) is 5.75 Å². The van der Waals surface area contributed by atoms with Crippen LogP contribution in [0, 0.1) is 0 Å². The predicted octanol–water partition coefficient (Wildman–Crippen LogP) is 3.51. The number of ether oxygens (including phenoxy) is 1. The van der Waals surface area contributed by atoms with Gasteiger partial charge in [0.25, 0.3) is 0 Å². The first kappa shape index (κ1) is 15.4. The van der Waals surface area contributed by atoms with Crippen molar-refractivity contribution >= 4 is 27.6 Å². The van der Waals surface area contributed by atoms with Crippen molar-refractivity contribution < 1.29 is 14.1 Å². The lowest BCUT2D eigenvalue weighted by Gasteiger charge is -2.02. The lowest BCUT2D eigenvalue weighted by atomic mass is 10.1. The lowest BCUT2D eigenvalue weighted by Crippen LogP contribution is -2.37. The number of fused-ring (bicyclic) bond motifs is 3. The summed E-state index contributed by atoms with van der Waals surface area (Å²) < 4.78 is 9.24. The first-order valence-electron chi connectivity index (χ1n) is 8.21. The van der Waals surface area contributed by atoms with Crippen molar-refractivity contribution in [2.75, 3.05) is 7.11 Å². The molecule has 2 heterocycles. The molecule has 0 spiro atoms. The molecule has 4 heteroatoms. The summed E-state index contributed by atoms with van der Waals surface area (Å²) in [5, 5.41) is 2.43. The van der Waals surface area contributed by atoms with Crippen molar-refractivity contribution in [1.82, 2.24) is 4.57 Å². The molecule has 0 amide bonds. The molecule has 0 saturated heterocycles. The van der Waals surface area contributed by atoms with Crippen LogP contribution in [-0.4, -0.2) is 17.5 Å². The number of carbonyl (C=O) groups is 1. The quantitative estimate of drug-likeness (QED) is 0.424. The van der Waals surface area contributed by atoms with Crippen molar-refractivity contribution in [2.24, 2.45) is 7.05 Å². The number of hydrogen-bond donors (Lipinski definition) is 0.